The molecule has 1 atom stereocenters. The van der Waals surface area contributed by atoms with Crippen LogP contribution in [0.5, 0.6) is 0 Å². The number of hydrogen-bond acceptors (Lipinski definition) is 3. The van der Waals surface area contributed by atoms with E-state index in [1.807, 2.05) is 57.2 Å². The number of nitrogens with zero attached hydrogens (tertiary/aromatic N) is 1. The number of rotatable bonds is 10. The van der Waals surface area contributed by atoms with Crippen LogP contribution in [0.2, 0.25) is 10.0 Å². The molecule has 31 heavy (non-hydrogen) atoms. The summed E-state index contributed by atoms with van der Waals surface area (Å²) in [5.41, 5.74) is 3.13. The van der Waals surface area contributed by atoms with Crippen molar-refractivity contribution in [3.8, 4) is 0 Å². The predicted octanol–water partition coefficient (Wildman–Crippen LogP) is 5.72. The van der Waals surface area contributed by atoms with Crippen molar-refractivity contribution in [2.75, 3.05) is 12.3 Å². The van der Waals surface area contributed by atoms with E-state index in [0.717, 1.165) is 16.7 Å². The van der Waals surface area contributed by atoms with Gasteiger partial charge in [0.15, 0.2) is 0 Å². The zero-order chi connectivity index (χ0) is 23.0. The first-order valence-corrected chi connectivity index (χ1v) is 12.2. The summed E-state index contributed by atoms with van der Waals surface area (Å²) in [4.78, 5) is 27.4. The van der Waals surface area contributed by atoms with Crippen LogP contribution in [0, 0.1) is 12.8 Å². The Kier molecular flexibility index (Phi) is 10.2. The fourth-order valence-electron chi connectivity index (χ4n) is 3.01. The van der Waals surface area contributed by atoms with E-state index in [9.17, 15) is 9.59 Å². The van der Waals surface area contributed by atoms with Gasteiger partial charge in [-0.15, -0.1) is 11.8 Å². The number of hydrogen-bond donors (Lipinski definition) is 1. The number of carbonyl (C=O) groups excluding carboxylic acids is 2. The Hall–Kier alpha value is -1.69. The third-order valence-electron chi connectivity index (χ3n) is 4.77. The molecule has 0 unspecified atom stereocenters. The molecule has 2 aromatic carbocycles. The molecule has 0 saturated heterocycles. The lowest BCUT2D eigenvalue weighted by Gasteiger charge is -2.29. The lowest BCUT2D eigenvalue weighted by atomic mass is 10.1. The van der Waals surface area contributed by atoms with Gasteiger partial charge in [-0.25, -0.2) is 0 Å². The third kappa shape index (κ3) is 8.40. The van der Waals surface area contributed by atoms with Crippen LogP contribution >= 0.6 is 35.0 Å². The van der Waals surface area contributed by atoms with Gasteiger partial charge >= 0.3 is 0 Å². The van der Waals surface area contributed by atoms with E-state index >= 15 is 0 Å². The molecule has 7 heteroatoms. The second kappa shape index (κ2) is 12.4. The number of amides is 2. The number of aryl methyl sites for hydroxylation is 1. The highest BCUT2D eigenvalue weighted by Gasteiger charge is 2.26. The number of carbonyl (C=O) groups is 2. The van der Waals surface area contributed by atoms with Crippen LogP contribution in [0.25, 0.3) is 0 Å². The van der Waals surface area contributed by atoms with Crippen LogP contribution in [0.15, 0.2) is 42.5 Å². The maximum absolute atomic E-state index is 13.1. The van der Waals surface area contributed by atoms with Gasteiger partial charge in [-0.2, -0.15) is 0 Å². The number of nitrogens with one attached hydrogen (secondary N) is 1. The van der Waals surface area contributed by atoms with Gasteiger partial charge in [0.25, 0.3) is 0 Å². The Morgan fingerprint density at radius 1 is 1.03 bits per heavy atom. The summed E-state index contributed by atoms with van der Waals surface area (Å²) in [6, 6.07) is 12.9. The van der Waals surface area contributed by atoms with Crippen molar-refractivity contribution in [1.82, 2.24) is 10.2 Å². The molecule has 0 fully saturated rings. The minimum absolute atomic E-state index is 0.0706. The van der Waals surface area contributed by atoms with E-state index in [1.165, 1.54) is 11.8 Å². The van der Waals surface area contributed by atoms with Crippen molar-refractivity contribution in [1.29, 1.82) is 0 Å². The van der Waals surface area contributed by atoms with Crippen LogP contribution in [-0.2, 0) is 21.9 Å². The van der Waals surface area contributed by atoms with Gasteiger partial charge in [-0.3, -0.25) is 9.59 Å². The first kappa shape index (κ1) is 25.6. The molecule has 0 aliphatic rings. The minimum atomic E-state index is -0.558. The maximum Gasteiger partial charge on any atom is 0.242 e. The van der Waals surface area contributed by atoms with Gasteiger partial charge in [0.05, 0.1) is 15.8 Å². The SMILES string of the molecule is Cc1cccc(CN(C(=O)CSCc2ccc(Cl)c(Cl)c2)[C@@H](C)C(=O)NCC(C)C)c1. The summed E-state index contributed by atoms with van der Waals surface area (Å²) in [7, 11) is 0. The van der Waals surface area contributed by atoms with Crippen LogP contribution in [-0.4, -0.2) is 35.1 Å². The Morgan fingerprint density at radius 2 is 1.77 bits per heavy atom. The quantitative estimate of drug-likeness (QED) is 0.472. The number of halogens is 2. The fourth-order valence-corrected chi connectivity index (χ4v) is 4.19. The van der Waals surface area contributed by atoms with Gasteiger partial charge in [-0.1, -0.05) is 72.9 Å². The topological polar surface area (TPSA) is 49.4 Å². The minimum Gasteiger partial charge on any atom is -0.354 e. The van der Waals surface area contributed by atoms with E-state index in [2.05, 4.69) is 5.32 Å². The predicted molar refractivity (Wildman–Crippen MR) is 132 cm³/mol. The van der Waals surface area contributed by atoms with Crippen molar-refractivity contribution >= 4 is 46.8 Å². The zero-order valence-electron chi connectivity index (χ0n) is 18.5. The molecule has 0 saturated carbocycles. The number of benzene rings is 2. The summed E-state index contributed by atoms with van der Waals surface area (Å²) < 4.78 is 0. The van der Waals surface area contributed by atoms with Crippen LogP contribution in [0.1, 0.15) is 37.5 Å². The normalized spacial score (nSPS) is 12.0. The molecule has 0 spiro atoms. The summed E-state index contributed by atoms with van der Waals surface area (Å²) in [6.45, 7) is 8.86. The van der Waals surface area contributed by atoms with Crippen molar-refractivity contribution < 1.29 is 9.59 Å². The molecule has 0 aromatic heterocycles. The first-order chi connectivity index (χ1) is 14.7. The molecule has 1 N–H and O–H groups in total. The lowest BCUT2D eigenvalue weighted by Crippen LogP contribution is -2.48. The lowest BCUT2D eigenvalue weighted by molar-refractivity contribution is -0.138. The first-order valence-electron chi connectivity index (χ1n) is 10.3. The molecule has 0 heterocycles. The highest BCUT2D eigenvalue weighted by Crippen LogP contribution is 2.25. The molecule has 168 valence electrons. The van der Waals surface area contributed by atoms with Crippen LogP contribution in [0.3, 0.4) is 0 Å². The Balaban J connectivity index is 2.07. The van der Waals surface area contributed by atoms with Crippen molar-refractivity contribution in [2.24, 2.45) is 5.92 Å². The monoisotopic (exact) mass is 480 g/mol. The zero-order valence-corrected chi connectivity index (χ0v) is 20.8. The Labute approximate surface area is 199 Å². The van der Waals surface area contributed by atoms with Gasteiger partial charge in [0, 0.05) is 18.8 Å². The van der Waals surface area contributed by atoms with E-state index < -0.39 is 6.04 Å². The fraction of sp³-hybridized carbons (Fsp3) is 0.417. The van der Waals surface area contributed by atoms with Crippen LogP contribution in [0.4, 0.5) is 0 Å². The van der Waals surface area contributed by atoms with E-state index in [4.69, 9.17) is 23.2 Å². The molecule has 2 amide bonds. The average molecular weight is 481 g/mol. The Morgan fingerprint density at radius 3 is 2.42 bits per heavy atom. The number of thioether (sulfide) groups is 1. The van der Waals surface area contributed by atoms with Crippen LogP contribution < -0.4 is 5.32 Å². The molecule has 2 rings (SSSR count). The van der Waals surface area contributed by atoms with E-state index in [-0.39, 0.29) is 17.6 Å². The maximum atomic E-state index is 13.1. The summed E-state index contributed by atoms with van der Waals surface area (Å²) in [6.07, 6.45) is 0. The van der Waals surface area contributed by atoms with E-state index in [1.54, 1.807) is 17.9 Å². The molecule has 0 aliphatic heterocycles. The second-order valence-corrected chi connectivity index (χ2v) is 9.87. The summed E-state index contributed by atoms with van der Waals surface area (Å²) in [5.74, 6) is 1.05. The van der Waals surface area contributed by atoms with E-state index in [0.29, 0.717) is 34.8 Å². The summed E-state index contributed by atoms with van der Waals surface area (Å²) >= 11 is 13.5. The molecule has 0 aliphatic carbocycles. The van der Waals surface area contributed by atoms with Crippen molar-refractivity contribution in [3.05, 3.63) is 69.2 Å². The molecule has 0 radical (unpaired) electrons. The molecular formula is C24H30Cl2N2O2S. The van der Waals surface area contributed by atoms with Gasteiger partial charge in [-0.05, 0) is 43.0 Å². The Bertz CT molecular complexity index is 905. The standard InChI is InChI=1S/C24H30Cl2N2O2S/c1-16(2)12-27-24(30)18(4)28(13-19-7-5-6-17(3)10-19)23(29)15-31-14-20-8-9-21(25)22(26)11-20/h5-11,16,18H,12-15H2,1-4H3,(H,27,30)/t18-/m0/s1. The largest absolute Gasteiger partial charge is 0.354 e. The van der Waals surface area contributed by atoms with Gasteiger partial charge in [0.1, 0.15) is 6.04 Å². The van der Waals surface area contributed by atoms with Crippen molar-refractivity contribution in [3.63, 3.8) is 0 Å². The third-order valence-corrected chi connectivity index (χ3v) is 6.49. The summed E-state index contributed by atoms with van der Waals surface area (Å²) in [5, 5.41) is 3.95. The van der Waals surface area contributed by atoms with Gasteiger partial charge in [0.2, 0.25) is 11.8 Å². The van der Waals surface area contributed by atoms with Gasteiger partial charge < -0.3 is 10.2 Å². The molecule has 0 bridgehead atoms. The highest BCUT2D eigenvalue weighted by molar-refractivity contribution is 7.99. The highest BCUT2D eigenvalue weighted by atomic mass is 35.5. The molecule has 2 aromatic rings. The average Bonchev–Trinajstić information content (AvgIpc) is 2.72. The van der Waals surface area contributed by atoms with Crippen molar-refractivity contribution in [2.45, 2.75) is 46.0 Å². The molecular weight excluding hydrogens is 451 g/mol. The molecule has 4 nitrogen and oxygen atoms in total. The smallest absolute Gasteiger partial charge is 0.242 e. The second-order valence-electron chi connectivity index (χ2n) is 8.07.